The van der Waals surface area contributed by atoms with E-state index in [0.29, 0.717) is 37.2 Å². The zero-order chi connectivity index (χ0) is 22.2. The van der Waals surface area contributed by atoms with Crippen LogP contribution in [0.1, 0.15) is 96.4 Å². The fourth-order valence-electron chi connectivity index (χ4n) is 5.69. The molecule has 0 aromatic carbocycles. The number of hydrogen-bond donors (Lipinski definition) is 1. The van der Waals surface area contributed by atoms with E-state index in [1.54, 1.807) is 0 Å². The fraction of sp³-hybridized carbons (Fsp3) is 0.889. The van der Waals surface area contributed by atoms with E-state index in [4.69, 9.17) is 14.2 Å². The van der Waals surface area contributed by atoms with Crippen LogP contribution in [0.2, 0.25) is 0 Å². The maximum Gasteiger partial charge on any atom is 0.347 e. The van der Waals surface area contributed by atoms with Gasteiger partial charge in [-0.1, -0.05) is 43.6 Å². The third kappa shape index (κ3) is 7.96. The molecule has 1 saturated heterocycles. The van der Waals surface area contributed by atoms with E-state index < -0.39 is 23.8 Å². The van der Waals surface area contributed by atoms with E-state index >= 15 is 0 Å². The van der Waals surface area contributed by atoms with Crippen molar-refractivity contribution in [2.24, 2.45) is 35.5 Å². The lowest BCUT2D eigenvalue weighted by molar-refractivity contribution is -0.163. The summed E-state index contributed by atoms with van der Waals surface area (Å²) in [6.45, 7) is 9.81. The predicted molar refractivity (Wildman–Crippen MR) is 135 cm³/mol. The number of aliphatic hydroxyl groups is 1. The van der Waals surface area contributed by atoms with Crippen LogP contribution in [0.15, 0.2) is 0 Å². The molecule has 8 atom stereocenters. The molecular formula is C27H52O7. The lowest BCUT2D eigenvalue weighted by Gasteiger charge is -2.37. The van der Waals surface area contributed by atoms with Gasteiger partial charge < -0.3 is 19.3 Å². The number of carbonyl (C=O) groups excluding carboxylic acids is 3. The molecule has 2 saturated carbocycles. The maximum atomic E-state index is 12.5. The Hall–Kier alpha value is -1.63. The van der Waals surface area contributed by atoms with Crippen molar-refractivity contribution in [1.82, 2.24) is 0 Å². The van der Waals surface area contributed by atoms with Gasteiger partial charge in [0.15, 0.2) is 0 Å². The summed E-state index contributed by atoms with van der Waals surface area (Å²) in [5.41, 5.74) is -0.565. The minimum atomic E-state index is -0.777. The summed E-state index contributed by atoms with van der Waals surface area (Å²) in [6.07, 6.45) is 1.53. The van der Waals surface area contributed by atoms with Crippen molar-refractivity contribution in [3.8, 4) is 0 Å². The number of rotatable bonds is 7. The molecule has 1 N–H and O–H groups in total. The summed E-state index contributed by atoms with van der Waals surface area (Å²) in [5.74, 6) is 0.0782. The van der Waals surface area contributed by atoms with E-state index in [0.717, 1.165) is 12.8 Å². The highest BCUT2D eigenvalue weighted by atomic mass is 16.6. The molecule has 7 nitrogen and oxygen atoms in total. The number of cyclic esters (lactones) is 1. The summed E-state index contributed by atoms with van der Waals surface area (Å²) < 4.78 is 15.6. The van der Waals surface area contributed by atoms with Gasteiger partial charge >= 0.3 is 17.9 Å². The van der Waals surface area contributed by atoms with E-state index in [1.807, 2.05) is 27.7 Å². The number of hydrogen-bond acceptors (Lipinski definition) is 7. The van der Waals surface area contributed by atoms with Gasteiger partial charge in [-0.25, -0.2) is 4.79 Å². The van der Waals surface area contributed by atoms with E-state index in [9.17, 15) is 19.5 Å². The first-order valence-corrected chi connectivity index (χ1v) is 11.2. The normalized spacial score (nSPS) is 30.9. The molecular weight excluding hydrogens is 436 g/mol. The molecule has 0 radical (unpaired) electrons. The Morgan fingerprint density at radius 1 is 1.15 bits per heavy atom. The molecule has 3 aliphatic rings. The van der Waals surface area contributed by atoms with Crippen LogP contribution in [0.4, 0.5) is 0 Å². The van der Waals surface area contributed by atoms with Crippen molar-refractivity contribution in [1.29, 1.82) is 0 Å². The van der Waals surface area contributed by atoms with Crippen LogP contribution in [-0.2, 0) is 28.6 Å². The van der Waals surface area contributed by atoms with E-state index in [1.165, 1.54) is 0 Å². The highest BCUT2D eigenvalue weighted by Crippen LogP contribution is 2.58. The topological polar surface area (TPSA) is 99.1 Å². The van der Waals surface area contributed by atoms with Crippen LogP contribution < -0.4 is 0 Å². The summed E-state index contributed by atoms with van der Waals surface area (Å²) in [6, 6.07) is 0. The van der Waals surface area contributed by atoms with Crippen molar-refractivity contribution in [3.05, 3.63) is 0 Å². The van der Waals surface area contributed by atoms with Crippen molar-refractivity contribution >= 4 is 17.9 Å². The quantitative estimate of drug-likeness (QED) is 0.377. The third-order valence-electron chi connectivity index (χ3n) is 7.13. The van der Waals surface area contributed by atoms with Gasteiger partial charge in [-0.15, -0.1) is 0 Å². The second-order valence-electron chi connectivity index (χ2n) is 10.5. The van der Waals surface area contributed by atoms with Crippen LogP contribution in [0.5, 0.6) is 0 Å². The molecule has 0 amide bonds. The van der Waals surface area contributed by atoms with Crippen LogP contribution in [0.3, 0.4) is 0 Å². The van der Waals surface area contributed by atoms with Crippen LogP contribution in [-0.4, -0.2) is 47.4 Å². The Bertz CT molecular complexity index is 668. The molecule has 1 heterocycles. The Labute approximate surface area is 208 Å². The van der Waals surface area contributed by atoms with Gasteiger partial charge in [-0.3, -0.25) is 9.59 Å². The Morgan fingerprint density at radius 2 is 1.76 bits per heavy atom. The number of fused-ring (bicyclic) bond motifs is 2. The molecule has 7 heteroatoms. The van der Waals surface area contributed by atoms with Gasteiger partial charge in [0.1, 0.15) is 5.60 Å². The summed E-state index contributed by atoms with van der Waals surface area (Å²) in [5, 5.41) is 10.8. The largest absolute Gasteiger partial charge is 0.463 e. The molecule has 0 spiro atoms. The highest BCUT2D eigenvalue weighted by molar-refractivity contribution is 5.81. The van der Waals surface area contributed by atoms with Gasteiger partial charge in [-0.2, -0.15) is 0 Å². The molecule has 8 unspecified atom stereocenters. The lowest BCUT2D eigenvalue weighted by Crippen LogP contribution is -2.37. The highest BCUT2D eigenvalue weighted by Gasteiger charge is 2.53. The van der Waals surface area contributed by atoms with E-state index in [2.05, 4.69) is 6.92 Å². The number of carbonyl (C=O) groups is 3. The molecule has 1 aliphatic heterocycles. The zero-order valence-corrected chi connectivity index (χ0v) is 18.8. The second kappa shape index (κ2) is 13.5. The lowest BCUT2D eigenvalue weighted by atomic mass is 9.69. The molecule has 34 heavy (non-hydrogen) atoms. The molecule has 202 valence electrons. The van der Waals surface area contributed by atoms with Crippen LogP contribution >= 0.6 is 0 Å². The summed E-state index contributed by atoms with van der Waals surface area (Å²) >= 11 is 0. The average molecular weight is 489 g/mol. The zero-order valence-electron chi connectivity index (χ0n) is 18.8. The Morgan fingerprint density at radius 3 is 2.26 bits per heavy atom. The van der Waals surface area contributed by atoms with Gasteiger partial charge in [0, 0.05) is 6.42 Å². The number of ether oxygens (including phenoxy) is 3. The smallest absolute Gasteiger partial charge is 0.347 e. The first kappa shape index (κ1) is 34.5. The van der Waals surface area contributed by atoms with Crippen LogP contribution in [0.25, 0.3) is 0 Å². The van der Waals surface area contributed by atoms with Crippen molar-refractivity contribution < 1.29 is 33.7 Å². The maximum absolute atomic E-state index is 12.5. The predicted octanol–water partition coefficient (Wildman–Crippen LogP) is 5.42. The summed E-state index contributed by atoms with van der Waals surface area (Å²) in [4.78, 5) is 36.2. The first-order chi connectivity index (χ1) is 14.0. The molecule has 0 aromatic heterocycles. The van der Waals surface area contributed by atoms with Crippen molar-refractivity contribution in [2.75, 3.05) is 6.61 Å². The average Bonchev–Trinajstić information content (AvgIpc) is 3.30. The Kier molecular flexibility index (Phi) is 13.7. The number of aliphatic hydroxyl groups excluding tert-OH is 1. The molecule has 3 rings (SSSR count). The monoisotopic (exact) mass is 488 g/mol. The van der Waals surface area contributed by atoms with Crippen LogP contribution in [0, 0.1) is 35.5 Å². The van der Waals surface area contributed by atoms with Gasteiger partial charge in [0.2, 0.25) is 6.10 Å². The minimum absolute atomic E-state index is 0. The Balaban J connectivity index is 0. The first-order valence-electron chi connectivity index (χ1n) is 11.2. The van der Waals surface area contributed by atoms with Gasteiger partial charge in [0.05, 0.1) is 25.0 Å². The number of esters is 3. The molecule has 2 aliphatic carbocycles. The van der Waals surface area contributed by atoms with Gasteiger partial charge in [0.25, 0.3) is 0 Å². The molecule has 2 bridgehead atoms. The molecule has 3 fully saturated rings. The van der Waals surface area contributed by atoms with Crippen molar-refractivity contribution in [3.63, 3.8) is 0 Å². The van der Waals surface area contributed by atoms with Crippen molar-refractivity contribution in [2.45, 2.75) is 114 Å². The van der Waals surface area contributed by atoms with E-state index in [-0.39, 0.29) is 65.8 Å². The molecule has 0 aromatic rings. The summed E-state index contributed by atoms with van der Waals surface area (Å²) in [7, 11) is 0. The fourth-order valence-corrected chi connectivity index (χ4v) is 5.69. The van der Waals surface area contributed by atoms with Gasteiger partial charge in [-0.05, 0) is 69.6 Å². The standard InChI is InChI=1S/C23H36O7.4CH4/c1-12(21(26)29-19-6-7-28-22(19)27)8-15-13(2)14-9-16(15)17(10-14)18(24)11-20(25)30-23(3,4)5;;;;/h12-19,24H,6-11H2,1-5H3;4*1H4. The second-order valence-corrected chi connectivity index (χ2v) is 10.5. The third-order valence-corrected chi connectivity index (χ3v) is 7.13. The minimum Gasteiger partial charge on any atom is -0.463 e. The SMILES string of the molecule is C.C.C.C.CC(CC1C(C)C2CC(C(O)CC(=O)OC(C)(C)C)C1C2)C(=O)OC1CCOC1=O.